The Kier molecular flexibility index (Phi) is 4.37. The van der Waals surface area contributed by atoms with E-state index in [9.17, 15) is 0 Å². The second-order valence-electron chi connectivity index (χ2n) is 4.14. The van der Waals surface area contributed by atoms with Crippen molar-refractivity contribution >= 4 is 29.0 Å². The van der Waals surface area contributed by atoms with Crippen LogP contribution in [0.3, 0.4) is 0 Å². The Morgan fingerprint density at radius 1 is 1.15 bits per heavy atom. The molecule has 0 amide bonds. The molecule has 0 fully saturated rings. The molecule has 0 radical (unpaired) electrons. The number of benzene rings is 2. The second-order valence-corrected chi connectivity index (χ2v) is 4.96. The van der Waals surface area contributed by atoms with Gasteiger partial charge in [-0.1, -0.05) is 28.4 Å². The molecule has 2 aromatic carbocycles. The molecular weight excluding hydrogens is 299 g/mol. The highest BCUT2D eigenvalue weighted by atomic mass is 35.5. The van der Waals surface area contributed by atoms with Gasteiger partial charge in [-0.3, -0.25) is 0 Å². The van der Waals surface area contributed by atoms with Crippen LogP contribution in [0.4, 0.5) is 0 Å². The summed E-state index contributed by atoms with van der Waals surface area (Å²) in [6, 6.07) is 10.2. The lowest BCUT2D eigenvalue weighted by molar-refractivity contribution is 0.318. The first-order chi connectivity index (χ1) is 9.51. The van der Waals surface area contributed by atoms with Gasteiger partial charge >= 0.3 is 0 Å². The van der Waals surface area contributed by atoms with Gasteiger partial charge in [0.1, 0.15) is 11.5 Å². The van der Waals surface area contributed by atoms with E-state index >= 15 is 0 Å². The zero-order chi connectivity index (χ0) is 14.7. The van der Waals surface area contributed by atoms with Crippen LogP contribution < -0.4 is 10.5 Å². The molecular formula is C14H12Cl2N2O2. The van der Waals surface area contributed by atoms with Crippen molar-refractivity contribution < 1.29 is 9.94 Å². The second kappa shape index (κ2) is 6.03. The van der Waals surface area contributed by atoms with Gasteiger partial charge in [0.2, 0.25) is 0 Å². The van der Waals surface area contributed by atoms with Gasteiger partial charge in [-0.15, -0.1) is 0 Å². The molecule has 2 aromatic rings. The minimum Gasteiger partial charge on any atom is -0.456 e. The maximum Gasteiger partial charge on any atom is 0.170 e. The SMILES string of the molecule is Cc1cc(Oc2ccc(C(N)=NO)cc2Cl)ccc1Cl. The van der Waals surface area contributed by atoms with E-state index in [1.165, 1.54) is 0 Å². The van der Waals surface area contributed by atoms with E-state index in [1.54, 1.807) is 30.3 Å². The molecule has 104 valence electrons. The number of halogens is 2. The Morgan fingerprint density at radius 3 is 2.50 bits per heavy atom. The van der Waals surface area contributed by atoms with Crippen molar-refractivity contribution in [3.8, 4) is 11.5 Å². The number of aryl methyl sites for hydroxylation is 1. The van der Waals surface area contributed by atoms with Crippen LogP contribution in [-0.4, -0.2) is 11.0 Å². The molecule has 6 heteroatoms. The monoisotopic (exact) mass is 310 g/mol. The van der Waals surface area contributed by atoms with Gasteiger partial charge in [-0.25, -0.2) is 0 Å². The number of ether oxygens (including phenoxy) is 1. The summed E-state index contributed by atoms with van der Waals surface area (Å²) in [4.78, 5) is 0. The molecule has 0 unspecified atom stereocenters. The molecule has 2 rings (SSSR count). The largest absolute Gasteiger partial charge is 0.456 e. The van der Waals surface area contributed by atoms with E-state index < -0.39 is 0 Å². The molecule has 3 N–H and O–H groups in total. The number of hydrogen-bond acceptors (Lipinski definition) is 3. The lowest BCUT2D eigenvalue weighted by Gasteiger charge is -2.10. The van der Waals surface area contributed by atoms with Gasteiger partial charge in [0, 0.05) is 10.6 Å². The van der Waals surface area contributed by atoms with Crippen LogP contribution >= 0.6 is 23.2 Å². The fraction of sp³-hybridized carbons (Fsp3) is 0.0714. The molecule has 0 heterocycles. The van der Waals surface area contributed by atoms with Gasteiger partial charge in [0.15, 0.2) is 5.84 Å². The summed E-state index contributed by atoms with van der Waals surface area (Å²) in [5, 5.41) is 12.6. The highest BCUT2D eigenvalue weighted by Crippen LogP contribution is 2.31. The molecule has 0 atom stereocenters. The highest BCUT2D eigenvalue weighted by Gasteiger charge is 2.08. The topological polar surface area (TPSA) is 67.8 Å². The number of oxime groups is 1. The van der Waals surface area contributed by atoms with Crippen molar-refractivity contribution in [2.75, 3.05) is 0 Å². The molecule has 0 aliphatic heterocycles. The van der Waals surface area contributed by atoms with Gasteiger partial charge in [0.25, 0.3) is 0 Å². The smallest absolute Gasteiger partial charge is 0.170 e. The maximum absolute atomic E-state index is 8.62. The summed E-state index contributed by atoms with van der Waals surface area (Å²) in [5.74, 6) is 1.09. The molecule has 0 aliphatic rings. The van der Waals surface area contributed by atoms with E-state index in [2.05, 4.69) is 5.16 Å². The van der Waals surface area contributed by atoms with Crippen molar-refractivity contribution in [2.45, 2.75) is 6.92 Å². The third-order valence-corrected chi connectivity index (χ3v) is 3.41. The van der Waals surface area contributed by atoms with E-state index in [0.717, 1.165) is 5.56 Å². The number of amidine groups is 1. The van der Waals surface area contributed by atoms with Crippen LogP contribution in [0.1, 0.15) is 11.1 Å². The van der Waals surface area contributed by atoms with E-state index in [4.69, 9.17) is 38.9 Å². The van der Waals surface area contributed by atoms with Gasteiger partial charge < -0.3 is 15.7 Å². The molecule has 0 spiro atoms. The van der Waals surface area contributed by atoms with Gasteiger partial charge in [-0.05, 0) is 48.9 Å². The normalized spacial score (nSPS) is 11.4. The van der Waals surface area contributed by atoms with Crippen LogP contribution in [-0.2, 0) is 0 Å². The molecule has 0 aliphatic carbocycles. The summed E-state index contributed by atoms with van der Waals surface area (Å²) >= 11 is 12.1. The number of nitrogens with zero attached hydrogens (tertiary/aromatic N) is 1. The van der Waals surface area contributed by atoms with E-state index in [0.29, 0.717) is 27.1 Å². The molecule has 0 saturated carbocycles. The lowest BCUT2D eigenvalue weighted by atomic mass is 10.2. The molecule has 0 bridgehead atoms. The first-order valence-electron chi connectivity index (χ1n) is 5.72. The van der Waals surface area contributed by atoms with Crippen molar-refractivity contribution in [2.24, 2.45) is 10.9 Å². The third-order valence-electron chi connectivity index (χ3n) is 2.69. The maximum atomic E-state index is 8.62. The predicted octanol–water partition coefficient (Wildman–Crippen LogP) is 4.19. The fourth-order valence-electron chi connectivity index (χ4n) is 1.61. The van der Waals surface area contributed by atoms with E-state index in [1.807, 2.05) is 13.0 Å². The molecule has 0 saturated heterocycles. The van der Waals surface area contributed by atoms with Crippen molar-refractivity contribution in [3.05, 3.63) is 57.6 Å². The average molecular weight is 311 g/mol. The summed E-state index contributed by atoms with van der Waals surface area (Å²) in [6.45, 7) is 1.89. The van der Waals surface area contributed by atoms with Crippen LogP contribution in [0.25, 0.3) is 0 Å². The van der Waals surface area contributed by atoms with Crippen molar-refractivity contribution in [1.29, 1.82) is 0 Å². The average Bonchev–Trinajstić information content (AvgIpc) is 2.44. The Labute approximate surface area is 126 Å². The van der Waals surface area contributed by atoms with Gasteiger partial charge in [0.05, 0.1) is 5.02 Å². The van der Waals surface area contributed by atoms with E-state index in [-0.39, 0.29) is 5.84 Å². The summed E-state index contributed by atoms with van der Waals surface area (Å²) in [6.07, 6.45) is 0. The van der Waals surface area contributed by atoms with Crippen LogP contribution in [0.5, 0.6) is 11.5 Å². The first-order valence-corrected chi connectivity index (χ1v) is 6.48. The first kappa shape index (κ1) is 14.5. The highest BCUT2D eigenvalue weighted by molar-refractivity contribution is 6.32. The van der Waals surface area contributed by atoms with Gasteiger partial charge in [-0.2, -0.15) is 0 Å². The summed E-state index contributed by atoms with van der Waals surface area (Å²) < 4.78 is 5.68. The summed E-state index contributed by atoms with van der Waals surface area (Å²) in [7, 11) is 0. The van der Waals surface area contributed by atoms with Crippen molar-refractivity contribution in [1.82, 2.24) is 0 Å². The standard InChI is InChI=1S/C14H12Cl2N2O2/c1-8-6-10(3-4-11(8)15)20-13-5-2-9(7-12(13)16)14(17)18-19/h2-7,19H,1H3,(H2,17,18). The van der Waals surface area contributed by atoms with Crippen LogP contribution in [0, 0.1) is 6.92 Å². The number of rotatable bonds is 3. The Balaban J connectivity index is 2.28. The van der Waals surface area contributed by atoms with Crippen molar-refractivity contribution in [3.63, 3.8) is 0 Å². The quantitative estimate of drug-likeness (QED) is 0.386. The molecule has 4 nitrogen and oxygen atoms in total. The Bertz CT molecular complexity index is 672. The number of hydrogen-bond donors (Lipinski definition) is 2. The minimum atomic E-state index is -0.0132. The third kappa shape index (κ3) is 3.15. The Morgan fingerprint density at radius 2 is 1.90 bits per heavy atom. The predicted molar refractivity (Wildman–Crippen MR) is 80.2 cm³/mol. The fourth-order valence-corrected chi connectivity index (χ4v) is 1.94. The molecule has 20 heavy (non-hydrogen) atoms. The lowest BCUT2D eigenvalue weighted by Crippen LogP contribution is -2.12. The summed E-state index contributed by atoms with van der Waals surface area (Å²) in [5.41, 5.74) is 6.91. The Hall–Kier alpha value is -1.91. The zero-order valence-corrected chi connectivity index (χ0v) is 12.1. The van der Waals surface area contributed by atoms with Crippen LogP contribution in [0.2, 0.25) is 10.0 Å². The van der Waals surface area contributed by atoms with Crippen LogP contribution in [0.15, 0.2) is 41.6 Å². The molecule has 0 aromatic heterocycles. The minimum absolute atomic E-state index is 0.0132. The number of nitrogens with two attached hydrogens (primary N) is 1. The zero-order valence-electron chi connectivity index (χ0n) is 10.6.